The van der Waals surface area contributed by atoms with Crippen LogP contribution in [0.1, 0.15) is 49.7 Å². The molecule has 1 aliphatic heterocycles. The van der Waals surface area contributed by atoms with Crippen molar-refractivity contribution >= 4 is 29.9 Å². The number of aromatic nitrogens is 1. The lowest BCUT2D eigenvalue weighted by Crippen LogP contribution is -2.48. The zero-order valence-corrected chi connectivity index (χ0v) is 21.3. The number of likely N-dealkylation sites (tertiary alicyclic amines) is 1. The molecule has 1 saturated heterocycles. The van der Waals surface area contributed by atoms with Crippen molar-refractivity contribution < 1.29 is 4.74 Å². The minimum atomic E-state index is 0. The summed E-state index contributed by atoms with van der Waals surface area (Å²) in [6.07, 6.45) is 9.34. The molecule has 0 unspecified atom stereocenters. The zero-order chi connectivity index (χ0) is 21.3. The van der Waals surface area contributed by atoms with E-state index >= 15 is 0 Å². The van der Waals surface area contributed by atoms with Gasteiger partial charge in [-0.15, -0.1) is 24.0 Å². The van der Waals surface area contributed by atoms with Crippen LogP contribution in [0.5, 0.6) is 5.88 Å². The largest absolute Gasteiger partial charge is 0.474 e. The summed E-state index contributed by atoms with van der Waals surface area (Å²) in [6, 6.07) is 15.2. The number of guanidine groups is 1. The molecule has 2 heterocycles. The van der Waals surface area contributed by atoms with Gasteiger partial charge >= 0.3 is 0 Å². The summed E-state index contributed by atoms with van der Waals surface area (Å²) >= 11 is 0. The molecular weight excluding hydrogens is 513 g/mol. The van der Waals surface area contributed by atoms with Gasteiger partial charge in [-0.25, -0.2) is 4.98 Å². The molecular formula is C25H36IN5O. The zero-order valence-electron chi connectivity index (χ0n) is 19.0. The summed E-state index contributed by atoms with van der Waals surface area (Å²) in [4.78, 5) is 11.4. The second-order valence-corrected chi connectivity index (χ2v) is 8.64. The second kappa shape index (κ2) is 13.0. The van der Waals surface area contributed by atoms with E-state index in [0.29, 0.717) is 18.7 Å². The van der Waals surface area contributed by atoms with Gasteiger partial charge in [-0.1, -0.05) is 36.4 Å². The van der Waals surface area contributed by atoms with Crippen molar-refractivity contribution in [2.24, 2.45) is 4.99 Å². The Kier molecular flexibility index (Phi) is 10.1. The molecule has 0 atom stereocenters. The molecule has 1 saturated carbocycles. The lowest BCUT2D eigenvalue weighted by molar-refractivity contribution is 0.198. The lowest BCUT2D eigenvalue weighted by Gasteiger charge is -2.33. The maximum absolute atomic E-state index is 5.95. The molecule has 1 aliphatic carbocycles. The molecule has 2 fully saturated rings. The van der Waals surface area contributed by atoms with Crippen molar-refractivity contribution in [1.29, 1.82) is 0 Å². The molecule has 0 radical (unpaired) electrons. The molecule has 2 aliphatic rings. The molecule has 0 spiro atoms. The SMILES string of the molecule is CN=C(NCc1ccc(OC2CCCC2)nc1)NC1CCN(Cc2ccccc2)CC1.I. The number of pyridine rings is 1. The fourth-order valence-electron chi connectivity index (χ4n) is 4.41. The standard InChI is InChI=1S/C25H35N5O.HI/c1-26-25(28-18-21-11-12-24(27-17-21)31-23-9-5-6-10-23)29-22-13-15-30(16-14-22)19-20-7-3-2-4-8-20;/h2-4,7-8,11-12,17,22-23H,5-6,9-10,13-16,18-19H2,1H3,(H2,26,28,29);1H. The van der Waals surface area contributed by atoms with Crippen LogP contribution in [0.4, 0.5) is 0 Å². The molecule has 174 valence electrons. The lowest BCUT2D eigenvalue weighted by atomic mass is 10.0. The Hall–Kier alpha value is -1.87. The van der Waals surface area contributed by atoms with Crippen LogP contribution in [0.15, 0.2) is 53.7 Å². The Balaban J connectivity index is 0.00000289. The smallest absolute Gasteiger partial charge is 0.213 e. The highest BCUT2D eigenvalue weighted by Crippen LogP contribution is 2.22. The van der Waals surface area contributed by atoms with Gasteiger partial charge in [0.25, 0.3) is 0 Å². The van der Waals surface area contributed by atoms with Gasteiger partial charge in [0.05, 0.1) is 0 Å². The Labute approximate surface area is 209 Å². The van der Waals surface area contributed by atoms with Gasteiger partial charge in [0.15, 0.2) is 5.96 Å². The summed E-state index contributed by atoms with van der Waals surface area (Å²) in [7, 11) is 1.83. The maximum Gasteiger partial charge on any atom is 0.213 e. The third-order valence-corrected chi connectivity index (χ3v) is 6.25. The summed E-state index contributed by atoms with van der Waals surface area (Å²) in [5.74, 6) is 1.59. The molecule has 4 rings (SSSR count). The Morgan fingerprint density at radius 3 is 2.44 bits per heavy atom. The van der Waals surface area contributed by atoms with E-state index in [1.807, 2.05) is 19.3 Å². The average Bonchev–Trinajstić information content (AvgIpc) is 3.32. The third kappa shape index (κ3) is 7.62. The van der Waals surface area contributed by atoms with E-state index in [1.54, 1.807) is 0 Å². The fourth-order valence-corrected chi connectivity index (χ4v) is 4.41. The fraction of sp³-hybridized carbons (Fsp3) is 0.520. The summed E-state index contributed by atoms with van der Waals surface area (Å²) in [6.45, 7) is 3.95. The Morgan fingerprint density at radius 1 is 1.03 bits per heavy atom. The number of halogens is 1. The predicted octanol–water partition coefficient (Wildman–Crippen LogP) is 4.35. The van der Waals surface area contributed by atoms with E-state index in [4.69, 9.17) is 4.74 Å². The molecule has 2 aromatic rings. The van der Waals surface area contributed by atoms with Crippen molar-refractivity contribution in [2.45, 2.75) is 63.8 Å². The first-order chi connectivity index (χ1) is 15.3. The van der Waals surface area contributed by atoms with Crippen molar-refractivity contribution in [3.63, 3.8) is 0 Å². The maximum atomic E-state index is 5.95. The predicted molar refractivity (Wildman–Crippen MR) is 141 cm³/mol. The summed E-state index contributed by atoms with van der Waals surface area (Å²) in [5.41, 5.74) is 2.51. The number of benzene rings is 1. The van der Waals surface area contributed by atoms with Gasteiger partial charge in [0, 0.05) is 51.5 Å². The second-order valence-electron chi connectivity index (χ2n) is 8.64. The molecule has 1 aromatic carbocycles. The minimum absolute atomic E-state index is 0. The number of hydrogen-bond acceptors (Lipinski definition) is 4. The Bertz CT molecular complexity index is 816. The summed E-state index contributed by atoms with van der Waals surface area (Å²) in [5, 5.41) is 7.01. The van der Waals surface area contributed by atoms with E-state index in [0.717, 1.165) is 62.7 Å². The van der Waals surface area contributed by atoms with Crippen LogP contribution in [0.3, 0.4) is 0 Å². The van der Waals surface area contributed by atoms with E-state index < -0.39 is 0 Å². The van der Waals surface area contributed by atoms with E-state index in [1.165, 1.54) is 18.4 Å². The van der Waals surface area contributed by atoms with Gasteiger partial charge in [-0.05, 0) is 49.7 Å². The highest BCUT2D eigenvalue weighted by atomic mass is 127. The van der Waals surface area contributed by atoms with Crippen LogP contribution >= 0.6 is 24.0 Å². The number of hydrogen-bond donors (Lipinski definition) is 2. The third-order valence-electron chi connectivity index (χ3n) is 6.25. The van der Waals surface area contributed by atoms with Crippen molar-refractivity contribution in [3.05, 3.63) is 59.8 Å². The van der Waals surface area contributed by atoms with Crippen LogP contribution in [0.25, 0.3) is 0 Å². The van der Waals surface area contributed by atoms with Crippen molar-refractivity contribution in [2.75, 3.05) is 20.1 Å². The van der Waals surface area contributed by atoms with E-state index in [2.05, 4.69) is 61.9 Å². The van der Waals surface area contributed by atoms with Crippen molar-refractivity contribution in [1.82, 2.24) is 20.5 Å². The van der Waals surface area contributed by atoms with Crippen LogP contribution in [0.2, 0.25) is 0 Å². The molecule has 0 amide bonds. The Morgan fingerprint density at radius 2 is 1.78 bits per heavy atom. The van der Waals surface area contributed by atoms with Gasteiger partial charge in [0.2, 0.25) is 5.88 Å². The van der Waals surface area contributed by atoms with Crippen molar-refractivity contribution in [3.8, 4) is 5.88 Å². The summed E-state index contributed by atoms with van der Waals surface area (Å²) < 4.78 is 5.95. The minimum Gasteiger partial charge on any atom is -0.474 e. The van der Waals surface area contributed by atoms with Gasteiger partial charge in [-0.2, -0.15) is 0 Å². The van der Waals surface area contributed by atoms with Crippen LogP contribution in [-0.2, 0) is 13.1 Å². The normalized spacial score (nSPS) is 18.2. The first-order valence-corrected chi connectivity index (χ1v) is 11.6. The number of ether oxygens (including phenoxy) is 1. The highest BCUT2D eigenvalue weighted by molar-refractivity contribution is 14.0. The monoisotopic (exact) mass is 549 g/mol. The van der Waals surface area contributed by atoms with Gasteiger partial charge in [-0.3, -0.25) is 9.89 Å². The van der Waals surface area contributed by atoms with E-state index in [9.17, 15) is 0 Å². The number of piperidine rings is 1. The average molecular weight is 550 g/mol. The molecule has 32 heavy (non-hydrogen) atoms. The van der Waals surface area contributed by atoms with E-state index in [-0.39, 0.29) is 24.0 Å². The molecule has 1 aromatic heterocycles. The van der Waals surface area contributed by atoms with Crippen LogP contribution in [0, 0.1) is 0 Å². The van der Waals surface area contributed by atoms with Gasteiger partial charge in [0.1, 0.15) is 6.10 Å². The first-order valence-electron chi connectivity index (χ1n) is 11.6. The number of aliphatic imine (C=N–C) groups is 1. The highest BCUT2D eigenvalue weighted by Gasteiger charge is 2.20. The molecule has 7 heteroatoms. The molecule has 2 N–H and O–H groups in total. The van der Waals surface area contributed by atoms with Crippen LogP contribution < -0.4 is 15.4 Å². The topological polar surface area (TPSA) is 61.8 Å². The van der Waals surface area contributed by atoms with Crippen LogP contribution in [-0.4, -0.2) is 48.1 Å². The number of rotatable bonds is 7. The number of nitrogens with one attached hydrogen (secondary N) is 2. The number of nitrogens with zero attached hydrogens (tertiary/aromatic N) is 3. The first kappa shape index (κ1) is 24.8. The molecule has 0 bridgehead atoms. The quantitative estimate of drug-likeness (QED) is 0.306. The molecule has 6 nitrogen and oxygen atoms in total. The van der Waals surface area contributed by atoms with Gasteiger partial charge < -0.3 is 15.4 Å².